The summed E-state index contributed by atoms with van der Waals surface area (Å²) in [5, 5.41) is 22.4. The van der Waals surface area contributed by atoms with Gasteiger partial charge >= 0.3 is 6.09 Å². The van der Waals surface area contributed by atoms with E-state index in [0.29, 0.717) is 46.5 Å². The number of aromatic nitrogens is 4. The van der Waals surface area contributed by atoms with Gasteiger partial charge in [0, 0.05) is 30.1 Å². The third-order valence-electron chi connectivity index (χ3n) is 6.96. The summed E-state index contributed by atoms with van der Waals surface area (Å²) in [6.07, 6.45) is 2.43. The number of nitrogens with one attached hydrogen (secondary N) is 4. The number of hydrogen-bond acceptors (Lipinski definition) is 7. The zero-order chi connectivity index (χ0) is 30.3. The lowest BCUT2D eigenvalue weighted by atomic mass is 9.81. The lowest BCUT2D eigenvalue weighted by molar-refractivity contribution is -0.130. The first-order valence-corrected chi connectivity index (χ1v) is 14.6. The molecule has 0 spiro atoms. The summed E-state index contributed by atoms with van der Waals surface area (Å²) in [4.78, 5) is 38.7. The van der Waals surface area contributed by atoms with E-state index in [1.165, 1.54) is 6.07 Å². The molecule has 4 rings (SSSR count). The van der Waals surface area contributed by atoms with Gasteiger partial charge in [0.05, 0.1) is 4.47 Å². The van der Waals surface area contributed by atoms with Gasteiger partial charge < -0.3 is 20.7 Å². The third kappa shape index (κ3) is 9.07. The Balaban J connectivity index is 1.37. The molecule has 1 aliphatic rings. The molecule has 2 aromatic carbocycles. The molecule has 1 aromatic heterocycles. The molecule has 13 heteroatoms. The standard InChI is InChI=1S/C29H35BrFN7O4/c1-29(2,3)42-28(41)32-16-17-4-7-20(8-5-17)26(39)34-24(15-18-6-13-22(30)23(31)14-18)27(40)33-21-11-9-19(10-12-21)25-35-37-38-36-25/h6,9-14,17,20,24H,4-5,7-8,15-16H2,1-3H3,(H,32,41)(H,33,40)(H,34,39)(H,35,36,37,38). The maximum Gasteiger partial charge on any atom is 0.407 e. The second kappa shape index (κ2) is 13.9. The van der Waals surface area contributed by atoms with Crippen molar-refractivity contribution in [3.63, 3.8) is 0 Å². The number of nitrogens with zero attached hydrogens (tertiary/aromatic N) is 3. The molecule has 3 aromatic rings. The first-order chi connectivity index (χ1) is 20.0. The number of H-pyrrole nitrogens is 1. The van der Waals surface area contributed by atoms with Crippen molar-refractivity contribution in [3.05, 3.63) is 58.3 Å². The Morgan fingerprint density at radius 3 is 2.43 bits per heavy atom. The Labute approximate surface area is 251 Å². The van der Waals surface area contributed by atoms with Gasteiger partial charge in [-0.15, -0.1) is 10.2 Å². The fraction of sp³-hybridized carbons (Fsp3) is 0.448. The fourth-order valence-corrected chi connectivity index (χ4v) is 5.03. The molecule has 11 nitrogen and oxygen atoms in total. The lowest BCUT2D eigenvalue weighted by Crippen LogP contribution is -2.48. The third-order valence-corrected chi connectivity index (χ3v) is 7.61. The van der Waals surface area contributed by atoms with E-state index in [2.05, 4.69) is 52.5 Å². The van der Waals surface area contributed by atoms with E-state index in [4.69, 9.17) is 4.74 Å². The van der Waals surface area contributed by atoms with E-state index < -0.39 is 29.5 Å². The molecule has 1 atom stereocenters. The maximum absolute atomic E-state index is 14.2. The number of carbonyl (C=O) groups is 3. The van der Waals surface area contributed by atoms with Crippen LogP contribution < -0.4 is 16.0 Å². The first-order valence-electron chi connectivity index (χ1n) is 13.8. The van der Waals surface area contributed by atoms with Gasteiger partial charge in [-0.25, -0.2) is 9.18 Å². The van der Waals surface area contributed by atoms with E-state index in [-0.39, 0.29) is 24.2 Å². The smallest absolute Gasteiger partial charge is 0.407 e. The van der Waals surface area contributed by atoms with Gasteiger partial charge in [-0.05, 0) is 115 Å². The van der Waals surface area contributed by atoms with Gasteiger partial charge in [0.2, 0.25) is 17.6 Å². The van der Waals surface area contributed by atoms with E-state index in [9.17, 15) is 18.8 Å². The van der Waals surface area contributed by atoms with Crippen LogP contribution in [0.15, 0.2) is 46.9 Å². The lowest BCUT2D eigenvalue weighted by Gasteiger charge is -2.29. The van der Waals surface area contributed by atoms with Crippen LogP contribution >= 0.6 is 15.9 Å². The second-order valence-electron chi connectivity index (χ2n) is 11.4. The molecular formula is C29H35BrFN7O4. The minimum absolute atomic E-state index is 0.109. The zero-order valence-electron chi connectivity index (χ0n) is 23.7. The first kappa shape index (κ1) is 31.1. The Hall–Kier alpha value is -3.87. The average molecular weight is 645 g/mol. The van der Waals surface area contributed by atoms with E-state index in [1.807, 2.05) is 20.8 Å². The van der Waals surface area contributed by atoms with Gasteiger partial charge in [-0.1, -0.05) is 6.07 Å². The predicted octanol–water partition coefficient (Wildman–Crippen LogP) is 4.77. The van der Waals surface area contributed by atoms with Gasteiger partial charge in [0.25, 0.3) is 0 Å². The molecule has 0 saturated heterocycles. The largest absolute Gasteiger partial charge is 0.444 e. The van der Waals surface area contributed by atoms with Crippen molar-refractivity contribution in [1.82, 2.24) is 31.3 Å². The van der Waals surface area contributed by atoms with E-state index in [0.717, 1.165) is 12.8 Å². The van der Waals surface area contributed by atoms with Crippen LogP contribution in [0.5, 0.6) is 0 Å². The van der Waals surface area contributed by atoms with Crippen LogP contribution in [0.2, 0.25) is 0 Å². The molecule has 0 bridgehead atoms. The Kier molecular flexibility index (Phi) is 10.3. The van der Waals surface area contributed by atoms with Crippen molar-refractivity contribution in [3.8, 4) is 11.4 Å². The topological polar surface area (TPSA) is 151 Å². The molecular weight excluding hydrogens is 609 g/mol. The van der Waals surface area contributed by atoms with Crippen molar-refractivity contribution in [2.75, 3.05) is 11.9 Å². The van der Waals surface area contributed by atoms with Crippen LogP contribution in [0, 0.1) is 17.7 Å². The summed E-state index contributed by atoms with van der Waals surface area (Å²) in [6, 6.07) is 10.6. The number of halogens is 2. The van der Waals surface area contributed by atoms with E-state index >= 15 is 0 Å². The number of tetrazole rings is 1. The quantitative estimate of drug-likeness (QED) is 0.262. The molecule has 4 N–H and O–H groups in total. The molecule has 1 heterocycles. The van der Waals surface area contributed by atoms with Crippen LogP contribution in [0.4, 0.5) is 14.9 Å². The average Bonchev–Trinajstić information content (AvgIpc) is 3.48. The Morgan fingerprint density at radius 2 is 1.81 bits per heavy atom. The molecule has 42 heavy (non-hydrogen) atoms. The molecule has 224 valence electrons. The molecule has 1 aliphatic carbocycles. The number of benzene rings is 2. The summed E-state index contributed by atoms with van der Waals surface area (Å²) in [6.45, 7) is 5.91. The Bertz CT molecular complexity index is 1370. The minimum Gasteiger partial charge on any atom is -0.444 e. The molecule has 1 saturated carbocycles. The second-order valence-corrected chi connectivity index (χ2v) is 12.3. The van der Waals surface area contributed by atoms with Gasteiger partial charge in [-0.2, -0.15) is 5.21 Å². The zero-order valence-corrected chi connectivity index (χ0v) is 25.3. The highest BCUT2D eigenvalue weighted by Gasteiger charge is 2.30. The highest BCUT2D eigenvalue weighted by atomic mass is 79.9. The number of amides is 3. The summed E-state index contributed by atoms with van der Waals surface area (Å²) >= 11 is 3.15. The number of rotatable bonds is 9. The van der Waals surface area contributed by atoms with Crippen molar-refractivity contribution in [2.24, 2.45) is 11.8 Å². The van der Waals surface area contributed by atoms with Crippen LogP contribution in [0.25, 0.3) is 11.4 Å². The predicted molar refractivity (Wildman–Crippen MR) is 158 cm³/mol. The van der Waals surface area contributed by atoms with Crippen LogP contribution in [0.1, 0.15) is 52.0 Å². The van der Waals surface area contributed by atoms with Crippen molar-refractivity contribution in [1.29, 1.82) is 0 Å². The number of anilines is 1. The summed E-state index contributed by atoms with van der Waals surface area (Å²) < 4.78 is 19.8. The number of aromatic amines is 1. The number of hydrogen-bond donors (Lipinski definition) is 4. The number of alkyl carbamates (subject to hydrolysis) is 1. The summed E-state index contributed by atoms with van der Waals surface area (Å²) in [5.74, 6) is -0.706. The molecule has 0 aliphatic heterocycles. The van der Waals surface area contributed by atoms with Crippen LogP contribution in [0.3, 0.4) is 0 Å². The number of carbonyl (C=O) groups excluding carboxylic acids is 3. The van der Waals surface area contributed by atoms with Crippen LogP contribution in [-0.2, 0) is 20.7 Å². The minimum atomic E-state index is -0.929. The van der Waals surface area contributed by atoms with Gasteiger partial charge in [-0.3, -0.25) is 9.59 Å². The van der Waals surface area contributed by atoms with Crippen molar-refractivity contribution < 1.29 is 23.5 Å². The van der Waals surface area contributed by atoms with Gasteiger partial charge in [0.15, 0.2) is 0 Å². The molecule has 3 amide bonds. The monoisotopic (exact) mass is 643 g/mol. The van der Waals surface area contributed by atoms with Crippen LogP contribution in [-0.4, -0.2) is 56.7 Å². The normalized spacial score (nSPS) is 17.6. The fourth-order valence-electron chi connectivity index (χ4n) is 4.79. The maximum atomic E-state index is 14.2. The van der Waals surface area contributed by atoms with Gasteiger partial charge in [0.1, 0.15) is 17.5 Å². The molecule has 1 fully saturated rings. The Morgan fingerprint density at radius 1 is 1.10 bits per heavy atom. The number of ether oxygens (including phenoxy) is 1. The molecule has 1 unspecified atom stereocenters. The highest BCUT2D eigenvalue weighted by molar-refractivity contribution is 9.10. The van der Waals surface area contributed by atoms with E-state index in [1.54, 1.807) is 36.4 Å². The highest BCUT2D eigenvalue weighted by Crippen LogP contribution is 2.29. The van der Waals surface area contributed by atoms with Crippen molar-refractivity contribution in [2.45, 2.75) is 64.5 Å². The van der Waals surface area contributed by atoms with Crippen molar-refractivity contribution >= 4 is 39.5 Å². The summed E-state index contributed by atoms with van der Waals surface area (Å²) in [7, 11) is 0. The summed E-state index contributed by atoms with van der Waals surface area (Å²) in [5.41, 5.74) is 1.24. The SMILES string of the molecule is CC(C)(C)OC(=O)NCC1CCC(C(=O)NC(Cc2ccc(Br)c(F)c2)C(=O)Nc2ccc(-c3nn[nH]n3)cc2)CC1. The molecule has 0 radical (unpaired) electrons.